The van der Waals surface area contributed by atoms with E-state index >= 15 is 0 Å². The van der Waals surface area contributed by atoms with Crippen LogP contribution >= 0.6 is 0 Å². The van der Waals surface area contributed by atoms with Gasteiger partial charge in [-0.3, -0.25) is 4.98 Å². The standard InChI is InChI=1S/C21H20F3N3O/c1-21(2,3)11(10-28)5-17-15(23)8-18(25-4)20(27-17)14-9-26-19-13(14)6-12(22)7-16(19)24/h6-9,11,26,28H,5,10H2,1-3H3/t11-/m1/s1. The van der Waals surface area contributed by atoms with Crippen molar-refractivity contribution in [3.05, 3.63) is 59.0 Å². The Hall–Kier alpha value is -2.85. The van der Waals surface area contributed by atoms with Crippen LogP contribution in [0.3, 0.4) is 0 Å². The van der Waals surface area contributed by atoms with E-state index in [1.807, 2.05) is 20.8 Å². The van der Waals surface area contributed by atoms with Gasteiger partial charge in [0.1, 0.15) is 17.5 Å². The predicted octanol–water partition coefficient (Wildman–Crippen LogP) is 5.40. The van der Waals surface area contributed by atoms with E-state index in [0.29, 0.717) is 5.56 Å². The zero-order valence-electron chi connectivity index (χ0n) is 15.8. The molecule has 0 aliphatic carbocycles. The molecule has 3 aromatic rings. The zero-order chi connectivity index (χ0) is 20.6. The minimum absolute atomic E-state index is 0.0527. The lowest BCUT2D eigenvalue weighted by Crippen LogP contribution is -2.26. The lowest BCUT2D eigenvalue weighted by atomic mass is 9.78. The van der Waals surface area contributed by atoms with Gasteiger partial charge in [0.2, 0.25) is 5.69 Å². The maximum absolute atomic E-state index is 14.6. The molecule has 0 aliphatic rings. The third-order valence-corrected chi connectivity index (χ3v) is 4.99. The Kier molecular flexibility index (Phi) is 5.18. The number of aliphatic hydroxyl groups is 1. The summed E-state index contributed by atoms with van der Waals surface area (Å²) < 4.78 is 42.3. The first kappa shape index (κ1) is 19.9. The van der Waals surface area contributed by atoms with E-state index in [4.69, 9.17) is 6.57 Å². The number of aromatic nitrogens is 2. The van der Waals surface area contributed by atoms with Gasteiger partial charge >= 0.3 is 0 Å². The number of nitrogens with zero attached hydrogens (tertiary/aromatic N) is 2. The highest BCUT2D eigenvalue weighted by Crippen LogP contribution is 2.37. The summed E-state index contributed by atoms with van der Waals surface area (Å²) in [5.41, 5.74) is 0.313. The fourth-order valence-corrected chi connectivity index (χ4v) is 3.17. The van der Waals surface area contributed by atoms with Crippen LogP contribution in [0.1, 0.15) is 26.5 Å². The first-order valence-corrected chi connectivity index (χ1v) is 8.80. The first-order valence-electron chi connectivity index (χ1n) is 8.80. The minimum atomic E-state index is -0.763. The van der Waals surface area contributed by atoms with E-state index in [1.165, 1.54) is 6.20 Å². The molecule has 0 radical (unpaired) electrons. The summed E-state index contributed by atoms with van der Waals surface area (Å²) in [7, 11) is 0. The molecule has 2 N–H and O–H groups in total. The van der Waals surface area contributed by atoms with Gasteiger partial charge in [-0.25, -0.2) is 18.0 Å². The second kappa shape index (κ2) is 7.28. The topological polar surface area (TPSA) is 53.3 Å². The lowest BCUT2D eigenvalue weighted by molar-refractivity contribution is 0.129. The number of nitrogens with one attached hydrogen (secondary N) is 1. The van der Waals surface area contributed by atoms with Crippen LogP contribution in [0, 0.1) is 35.4 Å². The molecule has 3 rings (SSSR count). The third kappa shape index (κ3) is 3.60. The Morgan fingerprint density at radius 3 is 2.50 bits per heavy atom. The van der Waals surface area contributed by atoms with Crippen molar-refractivity contribution in [3.63, 3.8) is 0 Å². The van der Waals surface area contributed by atoms with Crippen molar-refractivity contribution in [1.29, 1.82) is 0 Å². The first-order chi connectivity index (χ1) is 13.2. The Bertz CT molecular complexity index is 1080. The number of benzene rings is 1. The highest BCUT2D eigenvalue weighted by Gasteiger charge is 2.27. The van der Waals surface area contributed by atoms with Gasteiger partial charge in [-0.1, -0.05) is 20.8 Å². The second-order valence-corrected chi connectivity index (χ2v) is 7.86. The van der Waals surface area contributed by atoms with Crippen LogP contribution in [0.15, 0.2) is 24.4 Å². The molecule has 4 nitrogen and oxygen atoms in total. The van der Waals surface area contributed by atoms with E-state index < -0.39 is 17.5 Å². The van der Waals surface area contributed by atoms with Crippen LogP contribution < -0.4 is 0 Å². The maximum Gasteiger partial charge on any atom is 0.215 e. The molecule has 2 heterocycles. The molecule has 0 saturated heterocycles. The molecule has 0 fully saturated rings. The molecule has 0 spiro atoms. The highest BCUT2D eigenvalue weighted by atomic mass is 19.1. The smallest absolute Gasteiger partial charge is 0.215 e. The monoisotopic (exact) mass is 387 g/mol. The summed E-state index contributed by atoms with van der Waals surface area (Å²) in [6, 6.07) is 2.99. The Labute approximate surface area is 160 Å². The molecule has 0 bridgehead atoms. The van der Waals surface area contributed by atoms with Crippen molar-refractivity contribution in [2.45, 2.75) is 27.2 Å². The van der Waals surface area contributed by atoms with Crippen molar-refractivity contribution in [1.82, 2.24) is 9.97 Å². The van der Waals surface area contributed by atoms with E-state index in [1.54, 1.807) is 0 Å². The normalized spacial score (nSPS) is 12.9. The van der Waals surface area contributed by atoms with Gasteiger partial charge in [0.15, 0.2) is 0 Å². The summed E-state index contributed by atoms with van der Waals surface area (Å²) >= 11 is 0. The van der Waals surface area contributed by atoms with Gasteiger partial charge in [-0.2, -0.15) is 0 Å². The lowest BCUT2D eigenvalue weighted by Gasteiger charge is -2.29. The number of aliphatic hydroxyl groups excluding tert-OH is 1. The van der Waals surface area contributed by atoms with Crippen LogP contribution in [0.2, 0.25) is 0 Å². The van der Waals surface area contributed by atoms with Crippen LogP contribution in [-0.4, -0.2) is 21.7 Å². The summed E-state index contributed by atoms with van der Waals surface area (Å²) in [5, 5.41) is 9.91. The number of H-pyrrole nitrogens is 1. The van der Waals surface area contributed by atoms with Gasteiger partial charge < -0.3 is 10.1 Å². The van der Waals surface area contributed by atoms with Crippen molar-refractivity contribution in [3.8, 4) is 11.3 Å². The Morgan fingerprint density at radius 2 is 1.89 bits per heavy atom. The van der Waals surface area contributed by atoms with E-state index in [9.17, 15) is 18.3 Å². The fourth-order valence-electron chi connectivity index (χ4n) is 3.17. The molecule has 0 unspecified atom stereocenters. The van der Waals surface area contributed by atoms with Crippen LogP contribution in [0.25, 0.3) is 27.0 Å². The molecule has 1 atom stereocenters. The van der Waals surface area contributed by atoms with Crippen molar-refractivity contribution < 1.29 is 18.3 Å². The number of hydrogen-bond acceptors (Lipinski definition) is 2. The number of hydrogen-bond donors (Lipinski definition) is 2. The molecule has 28 heavy (non-hydrogen) atoms. The fraction of sp³-hybridized carbons (Fsp3) is 0.333. The average Bonchev–Trinajstić information content (AvgIpc) is 3.03. The summed E-state index contributed by atoms with van der Waals surface area (Å²) in [6.07, 6.45) is 1.60. The van der Waals surface area contributed by atoms with Crippen molar-refractivity contribution in [2.75, 3.05) is 6.61 Å². The maximum atomic E-state index is 14.6. The van der Waals surface area contributed by atoms with Gasteiger partial charge in [-0.15, -0.1) is 0 Å². The largest absolute Gasteiger partial charge is 0.396 e. The predicted molar refractivity (Wildman–Crippen MR) is 101 cm³/mol. The Balaban J connectivity index is 2.18. The number of halogens is 3. The third-order valence-electron chi connectivity index (χ3n) is 4.99. The Morgan fingerprint density at radius 1 is 1.18 bits per heavy atom. The van der Waals surface area contributed by atoms with E-state index in [-0.39, 0.29) is 52.3 Å². The number of rotatable bonds is 4. The molecular weight excluding hydrogens is 367 g/mol. The average molecular weight is 387 g/mol. The molecular formula is C21H20F3N3O. The van der Waals surface area contributed by atoms with Crippen LogP contribution in [0.4, 0.5) is 18.9 Å². The molecule has 0 aliphatic heterocycles. The van der Waals surface area contributed by atoms with E-state index in [2.05, 4.69) is 14.8 Å². The molecule has 7 heteroatoms. The van der Waals surface area contributed by atoms with Gasteiger partial charge in [0, 0.05) is 29.8 Å². The molecule has 1 aromatic carbocycles. The van der Waals surface area contributed by atoms with Gasteiger partial charge in [-0.05, 0) is 29.9 Å². The number of pyridine rings is 1. The summed E-state index contributed by atoms with van der Waals surface area (Å²) in [4.78, 5) is 10.4. The summed E-state index contributed by atoms with van der Waals surface area (Å²) in [6.45, 7) is 13.0. The number of aromatic amines is 1. The minimum Gasteiger partial charge on any atom is -0.396 e. The molecule has 146 valence electrons. The van der Waals surface area contributed by atoms with Crippen LogP contribution in [0.5, 0.6) is 0 Å². The zero-order valence-corrected chi connectivity index (χ0v) is 15.8. The van der Waals surface area contributed by atoms with Gasteiger partial charge in [0.25, 0.3) is 0 Å². The van der Waals surface area contributed by atoms with E-state index in [0.717, 1.165) is 18.2 Å². The summed E-state index contributed by atoms with van der Waals surface area (Å²) in [5.74, 6) is -2.42. The van der Waals surface area contributed by atoms with Gasteiger partial charge in [0.05, 0.1) is 23.5 Å². The number of fused-ring (bicyclic) bond motifs is 1. The van der Waals surface area contributed by atoms with Crippen molar-refractivity contribution >= 4 is 16.6 Å². The molecule has 0 amide bonds. The van der Waals surface area contributed by atoms with Crippen molar-refractivity contribution in [2.24, 2.45) is 11.3 Å². The highest BCUT2D eigenvalue weighted by molar-refractivity contribution is 5.97. The quantitative estimate of drug-likeness (QED) is 0.590. The second-order valence-electron chi connectivity index (χ2n) is 7.86. The van der Waals surface area contributed by atoms with Crippen LogP contribution in [-0.2, 0) is 6.42 Å². The molecule has 2 aromatic heterocycles. The SMILES string of the molecule is [C-]#[N+]c1cc(F)c(C[C@H](CO)C(C)(C)C)nc1-c1c[nH]c2c(F)cc(F)cc12. The molecule has 0 saturated carbocycles.